The lowest BCUT2D eigenvalue weighted by atomic mass is 10.0. The number of ether oxygens (including phenoxy) is 3. The number of esters is 1. The van der Waals surface area contributed by atoms with Gasteiger partial charge in [-0.15, -0.1) is 16.8 Å². The topological polar surface area (TPSA) is 119 Å². The summed E-state index contributed by atoms with van der Waals surface area (Å²) >= 11 is 0. The zero-order chi connectivity index (χ0) is 33.3. The first kappa shape index (κ1) is 32.1. The molecule has 0 aliphatic rings. The summed E-state index contributed by atoms with van der Waals surface area (Å²) in [6, 6.07) is 29.9. The van der Waals surface area contributed by atoms with E-state index in [1.807, 2.05) is 42.5 Å². The number of benzene rings is 5. The SMILES string of the molecule is C=CCN(C(=O)c1cc2ccccc2c(N=Nc2cc(OC)c(NC(=O)c3ccccc3)cc2OC)c1OC(C)=O)c1ccccc1. The van der Waals surface area contributed by atoms with Gasteiger partial charge in [0, 0.05) is 42.2 Å². The number of carbonyl (C=O) groups excluding carboxylic acids is 3. The molecule has 0 saturated carbocycles. The maximum absolute atomic E-state index is 14.2. The molecule has 0 unspecified atom stereocenters. The number of carbonyl (C=O) groups is 3. The minimum Gasteiger partial charge on any atom is -0.494 e. The zero-order valence-corrected chi connectivity index (χ0v) is 26.1. The van der Waals surface area contributed by atoms with E-state index in [4.69, 9.17) is 14.2 Å². The van der Waals surface area contributed by atoms with Crippen molar-refractivity contribution in [3.05, 3.63) is 127 Å². The van der Waals surface area contributed by atoms with Crippen LogP contribution in [-0.4, -0.2) is 38.5 Å². The number of para-hydroxylation sites is 1. The molecule has 0 heterocycles. The number of amides is 2. The van der Waals surface area contributed by atoms with Crippen molar-refractivity contribution in [2.75, 3.05) is 31.0 Å². The summed E-state index contributed by atoms with van der Waals surface area (Å²) in [6.07, 6.45) is 1.61. The van der Waals surface area contributed by atoms with Crippen LogP contribution in [0.5, 0.6) is 17.2 Å². The lowest BCUT2D eigenvalue weighted by molar-refractivity contribution is -0.131. The molecule has 0 atom stereocenters. The van der Waals surface area contributed by atoms with E-state index < -0.39 is 11.9 Å². The quantitative estimate of drug-likeness (QED) is 0.0681. The lowest BCUT2D eigenvalue weighted by Gasteiger charge is -2.23. The number of rotatable bonds is 11. The molecule has 0 aliphatic heterocycles. The summed E-state index contributed by atoms with van der Waals surface area (Å²) < 4.78 is 16.9. The maximum atomic E-state index is 14.2. The Hall–Kier alpha value is -6.29. The maximum Gasteiger partial charge on any atom is 0.308 e. The number of fused-ring (bicyclic) bond motifs is 1. The van der Waals surface area contributed by atoms with Crippen LogP contribution in [0.15, 0.2) is 126 Å². The molecule has 236 valence electrons. The number of nitrogens with one attached hydrogen (secondary N) is 1. The van der Waals surface area contributed by atoms with E-state index in [2.05, 4.69) is 22.1 Å². The van der Waals surface area contributed by atoms with Gasteiger partial charge in [0.05, 0.1) is 25.5 Å². The highest BCUT2D eigenvalue weighted by Crippen LogP contribution is 2.44. The predicted octanol–water partition coefficient (Wildman–Crippen LogP) is 8.28. The van der Waals surface area contributed by atoms with Crippen LogP contribution in [0.1, 0.15) is 27.6 Å². The molecule has 10 heteroatoms. The van der Waals surface area contributed by atoms with Crippen LogP contribution >= 0.6 is 0 Å². The van der Waals surface area contributed by atoms with Crippen LogP contribution < -0.4 is 24.4 Å². The van der Waals surface area contributed by atoms with Gasteiger partial charge in [0.25, 0.3) is 11.8 Å². The molecule has 0 saturated heterocycles. The molecule has 47 heavy (non-hydrogen) atoms. The third kappa shape index (κ3) is 7.18. The van der Waals surface area contributed by atoms with Gasteiger partial charge in [0.15, 0.2) is 5.75 Å². The molecular formula is C37H32N4O6. The van der Waals surface area contributed by atoms with Gasteiger partial charge < -0.3 is 24.4 Å². The second-order valence-corrected chi connectivity index (χ2v) is 10.2. The van der Waals surface area contributed by atoms with E-state index in [0.29, 0.717) is 33.5 Å². The fraction of sp³-hybridized carbons (Fsp3) is 0.108. The lowest BCUT2D eigenvalue weighted by Crippen LogP contribution is -2.31. The fourth-order valence-corrected chi connectivity index (χ4v) is 4.95. The molecule has 5 rings (SSSR count). The summed E-state index contributed by atoms with van der Waals surface area (Å²) in [5, 5.41) is 13.1. The first-order valence-electron chi connectivity index (χ1n) is 14.6. The molecule has 0 spiro atoms. The number of nitrogens with zero attached hydrogens (tertiary/aromatic N) is 3. The Morgan fingerprint density at radius 3 is 2.15 bits per heavy atom. The Morgan fingerprint density at radius 2 is 1.49 bits per heavy atom. The fourth-order valence-electron chi connectivity index (χ4n) is 4.95. The first-order chi connectivity index (χ1) is 22.8. The molecule has 5 aromatic carbocycles. The van der Waals surface area contributed by atoms with E-state index in [9.17, 15) is 14.4 Å². The molecule has 2 amide bonds. The molecule has 0 bridgehead atoms. The van der Waals surface area contributed by atoms with Crippen molar-refractivity contribution in [2.24, 2.45) is 10.2 Å². The molecule has 5 aromatic rings. The van der Waals surface area contributed by atoms with Gasteiger partial charge in [-0.2, -0.15) is 0 Å². The highest BCUT2D eigenvalue weighted by atomic mass is 16.5. The smallest absolute Gasteiger partial charge is 0.308 e. The van der Waals surface area contributed by atoms with Crippen molar-refractivity contribution >= 4 is 51.3 Å². The van der Waals surface area contributed by atoms with Crippen LogP contribution in [0.3, 0.4) is 0 Å². The monoisotopic (exact) mass is 628 g/mol. The Morgan fingerprint density at radius 1 is 0.830 bits per heavy atom. The Balaban J connectivity index is 1.63. The van der Waals surface area contributed by atoms with Crippen LogP contribution in [0, 0.1) is 0 Å². The average Bonchev–Trinajstić information content (AvgIpc) is 3.10. The van der Waals surface area contributed by atoms with Crippen molar-refractivity contribution < 1.29 is 28.6 Å². The summed E-state index contributed by atoms with van der Waals surface area (Å²) in [6.45, 7) is 5.27. The van der Waals surface area contributed by atoms with Gasteiger partial charge in [0.2, 0.25) is 0 Å². The Kier molecular flexibility index (Phi) is 10.0. The van der Waals surface area contributed by atoms with Crippen LogP contribution in [-0.2, 0) is 4.79 Å². The molecule has 0 radical (unpaired) electrons. The molecular weight excluding hydrogens is 596 g/mol. The van der Waals surface area contributed by atoms with E-state index in [0.717, 1.165) is 0 Å². The number of azo groups is 1. The zero-order valence-electron chi connectivity index (χ0n) is 26.1. The summed E-state index contributed by atoms with van der Waals surface area (Å²) in [5.41, 5.74) is 2.00. The van der Waals surface area contributed by atoms with Gasteiger partial charge in [-0.3, -0.25) is 14.4 Å². The number of hydrogen-bond donors (Lipinski definition) is 1. The van der Waals surface area contributed by atoms with Gasteiger partial charge in [-0.1, -0.05) is 66.7 Å². The van der Waals surface area contributed by atoms with Crippen molar-refractivity contribution in [3.8, 4) is 17.2 Å². The van der Waals surface area contributed by atoms with Gasteiger partial charge in [0.1, 0.15) is 22.9 Å². The molecule has 0 fully saturated rings. The molecule has 0 aliphatic carbocycles. The number of methoxy groups -OCH3 is 2. The van der Waals surface area contributed by atoms with Crippen LogP contribution in [0.4, 0.5) is 22.7 Å². The minimum atomic E-state index is -0.640. The minimum absolute atomic E-state index is 0.0485. The van der Waals surface area contributed by atoms with Gasteiger partial charge in [-0.25, -0.2) is 0 Å². The Bertz CT molecular complexity index is 1980. The molecule has 1 N–H and O–H groups in total. The number of hydrogen-bond acceptors (Lipinski definition) is 8. The third-order valence-corrected chi connectivity index (χ3v) is 7.12. The first-order valence-corrected chi connectivity index (χ1v) is 14.6. The van der Waals surface area contributed by atoms with Crippen molar-refractivity contribution in [3.63, 3.8) is 0 Å². The summed E-state index contributed by atoms with van der Waals surface area (Å²) in [5.74, 6) is -0.857. The third-order valence-electron chi connectivity index (χ3n) is 7.12. The van der Waals surface area contributed by atoms with Crippen molar-refractivity contribution in [2.45, 2.75) is 6.92 Å². The van der Waals surface area contributed by atoms with Crippen LogP contribution in [0.2, 0.25) is 0 Å². The summed E-state index contributed by atoms with van der Waals surface area (Å²) in [7, 11) is 2.92. The normalized spacial score (nSPS) is 10.8. The molecule has 0 aromatic heterocycles. The van der Waals surface area contributed by atoms with Crippen molar-refractivity contribution in [1.82, 2.24) is 0 Å². The van der Waals surface area contributed by atoms with E-state index in [1.165, 1.54) is 26.0 Å². The Labute approximate surface area is 271 Å². The summed E-state index contributed by atoms with van der Waals surface area (Å²) in [4.78, 5) is 41.0. The second kappa shape index (κ2) is 14.7. The van der Waals surface area contributed by atoms with Gasteiger partial charge >= 0.3 is 5.97 Å². The average molecular weight is 629 g/mol. The van der Waals surface area contributed by atoms with Gasteiger partial charge in [-0.05, 0) is 35.7 Å². The standard InChI is InChI=1S/C37H32N4O6/c1-5-20-41(27-17-10-7-11-18-27)37(44)29-21-26-16-12-13-19-28(26)34(35(29)47-24(2)42)40-39-31-23-32(45-3)30(22-33(31)46-4)38-36(43)25-14-8-6-9-15-25/h5-19,21-23H,1,20H2,2-4H3,(H,38,43). The van der Waals surface area contributed by atoms with Crippen LogP contribution in [0.25, 0.3) is 10.8 Å². The second-order valence-electron chi connectivity index (χ2n) is 10.2. The van der Waals surface area contributed by atoms with Crippen molar-refractivity contribution in [1.29, 1.82) is 0 Å². The highest BCUT2D eigenvalue weighted by molar-refractivity contribution is 6.13. The van der Waals surface area contributed by atoms with E-state index in [1.54, 1.807) is 66.7 Å². The molecule has 10 nitrogen and oxygen atoms in total. The van der Waals surface area contributed by atoms with E-state index >= 15 is 0 Å². The van der Waals surface area contributed by atoms with E-state index in [-0.39, 0.29) is 40.9 Å². The highest BCUT2D eigenvalue weighted by Gasteiger charge is 2.26. The largest absolute Gasteiger partial charge is 0.494 e. The number of anilines is 2. The predicted molar refractivity (Wildman–Crippen MR) is 182 cm³/mol.